The molecule has 2 aromatic rings. The van der Waals surface area contributed by atoms with E-state index in [0.29, 0.717) is 30.5 Å². The first-order chi connectivity index (χ1) is 12.6. The number of methoxy groups -OCH3 is 1. The molecule has 26 heavy (non-hydrogen) atoms. The summed E-state index contributed by atoms with van der Waals surface area (Å²) in [5, 5.41) is 4.36. The van der Waals surface area contributed by atoms with Crippen LogP contribution in [0.5, 0.6) is 5.75 Å². The van der Waals surface area contributed by atoms with Crippen LogP contribution in [0.2, 0.25) is 0 Å². The topological polar surface area (TPSA) is 70.9 Å². The molecule has 1 aliphatic heterocycles. The maximum Gasteiger partial charge on any atom is 0.324 e. The highest BCUT2D eigenvalue weighted by molar-refractivity contribution is 8.00. The second-order valence-electron chi connectivity index (χ2n) is 5.87. The summed E-state index contributed by atoms with van der Waals surface area (Å²) in [6.07, 6.45) is 0. The lowest BCUT2D eigenvalue weighted by Crippen LogP contribution is -3.14. The van der Waals surface area contributed by atoms with Gasteiger partial charge in [-0.2, -0.15) is 4.68 Å². The zero-order valence-corrected chi connectivity index (χ0v) is 16.4. The standard InChI is InChI=1S/C17H21N3O4S2/c1-3-23-13-6-4-12(5-7-13)15-18-20(17(25)24-15)11-19-8-9-26-14(10-19)16(21)22-2/h4-7,14H,3,8-11H2,1-2H3/p+1/t14-/m0/s1. The van der Waals surface area contributed by atoms with Gasteiger partial charge in [0, 0.05) is 11.3 Å². The Bertz CT molecular complexity index is 803. The molecule has 7 nitrogen and oxygen atoms in total. The molecule has 1 saturated heterocycles. The molecular weight excluding hydrogens is 374 g/mol. The van der Waals surface area contributed by atoms with E-state index < -0.39 is 0 Å². The number of nitrogens with zero attached hydrogens (tertiary/aromatic N) is 2. The minimum atomic E-state index is -0.175. The Labute approximate surface area is 161 Å². The van der Waals surface area contributed by atoms with Gasteiger partial charge in [0.25, 0.3) is 4.84 Å². The fraction of sp³-hybridized carbons (Fsp3) is 0.471. The van der Waals surface area contributed by atoms with Crippen molar-refractivity contribution in [1.29, 1.82) is 0 Å². The Kier molecular flexibility index (Phi) is 6.33. The van der Waals surface area contributed by atoms with Gasteiger partial charge in [-0.1, -0.05) is 0 Å². The average molecular weight is 397 g/mol. The third kappa shape index (κ3) is 4.46. The van der Waals surface area contributed by atoms with E-state index in [9.17, 15) is 4.79 Å². The first-order valence-corrected chi connectivity index (χ1v) is 9.90. The van der Waals surface area contributed by atoms with Crippen LogP contribution >= 0.6 is 24.0 Å². The molecule has 1 aromatic heterocycles. The van der Waals surface area contributed by atoms with Gasteiger partial charge < -0.3 is 18.8 Å². The number of carbonyl (C=O) groups excluding carboxylic acids is 1. The van der Waals surface area contributed by atoms with Gasteiger partial charge in [0.1, 0.15) is 12.3 Å². The lowest BCUT2D eigenvalue weighted by Gasteiger charge is -2.27. The highest BCUT2D eigenvalue weighted by Gasteiger charge is 2.30. The molecule has 2 atom stereocenters. The van der Waals surface area contributed by atoms with Crippen molar-refractivity contribution in [2.24, 2.45) is 0 Å². The molecule has 0 radical (unpaired) electrons. The Morgan fingerprint density at radius 1 is 1.46 bits per heavy atom. The van der Waals surface area contributed by atoms with E-state index in [1.54, 1.807) is 16.4 Å². The van der Waals surface area contributed by atoms with Crippen molar-refractivity contribution in [3.63, 3.8) is 0 Å². The van der Waals surface area contributed by atoms with E-state index >= 15 is 0 Å². The SMILES string of the molecule is CCOc1ccc(-c2nn(C[NH+]3CCS[C@H](C(=O)OC)C3)c(=S)o2)cc1. The van der Waals surface area contributed by atoms with E-state index in [0.717, 1.165) is 23.6 Å². The average Bonchev–Trinajstić information content (AvgIpc) is 3.02. The monoisotopic (exact) mass is 396 g/mol. The smallest absolute Gasteiger partial charge is 0.324 e. The van der Waals surface area contributed by atoms with Crippen molar-refractivity contribution in [3.8, 4) is 17.2 Å². The van der Waals surface area contributed by atoms with Crippen LogP contribution in [0, 0.1) is 4.84 Å². The fourth-order valence-electron chi connectivity index (χ4n) is 2.79. The maximum absolute atomic E-state index is 11.8. The van der Waals surface area contributed by atoms with E-state index in [4.69, 9.17) is 26.1 Å². The van der Waals surface area contributed by atoms with Crippen LogP contribution < -0.4 is 9.64 Å². The predicted octanol–water partition coefficient (Wildman–Crippen LogP) is 1.40. The van der Waals surface area contributed by atoms with Crippen LogP contribution in [-0.2, 0) is 16.2 Å². The van der Waals surface area contributed by atoms with Gasteiger partial charge in [0.05, 0.1) is 20.3 Å². The molecule has 0 saturated carbocycles. The molecule has 3 rings (SSSR count). The zero-order valence-electron chi connectivity index (χ0n) is 14.8. The molecule has 0 aliphatic carbocycles. The van der Waals surface area contributed by atoms with Gasteiger partial charge in [0.15, 0.2) is 11.9 Å². The van der Waals surface area contributed by atoms with Crippen LogP contribution in [-0.4, -0.2) is 53.6 Å². The lowest BCUT2D eigenvalue weighted by atomic mass is 10.2. The molecular formula is C17H22N3O4S2+. The van der Waals surface area contributed by atoms with Crippen LogP contribution in [0.25, 0.3) is 11.5 Å². The van der Waals surface area contributed by atoms with Crippen LogP contribution in [0.1, 0.15) is 6.92 Å². The molecule has 1 aliphatic rings. The lowest BCUT2D eigenvalue weighted by molar-refractivity contribution is -0.921. The van der Waals surface area contributed by atoms with E-state index in [-0.39, 0.29) is 11.2 Å². The summed E-state index contributed by atoms with van der Waals surface area (Å²) in [7, 11) is 1.42. The van der Waals surface area contributed by atoms with E-state index in [2.05, 4.69) is 5.10 Å². The number of hydrogen-bond acceptors (Lipinski definition) is 7. The summed E-state index contributed by atoms with van der Waals surface area (Å²) in [6.45, 7) is 4.75. The first kappa shape index (κ1) is 18.9. The summed E-state index contributed by atoms with van der Waals surface area (Å²) in [5.74, 6) is 2.00. The zero-order chi connectivity index (χ0) is 18.5. The van der Waals surface area contributed by atoms with Crippen molar-refractivity contribution in [1.82, 2.24) is 9.78 Å². The molecule has 140 valence electrons. The van der Waals surface area contributed by atoms with Crippen molar-refractivity contribution >= 4 is 29.9 Å². The highest BCUT2D eigenvalue weighted by Crippen LogP contribution is 2.21. The van der Waals surface area contributed by atoms with Gasteiger partial charge in [-0.25, -0.2) is 0 Å². The van der Waals surface area contributed by atoms with Crippen LogP contribution in [0.15, 0.2) is 28.7 Å². The largest absolute Gasteiger partial charge is 0.494 e. The summed E-state index contributed by atoms with van der Waals surface area (Å²) in [5.41, 5.74) is 0.843. The number of aromatic nitrogens is 2. The molecule has 2 heterocycles. The first-order valence-electron chi connectivity index (χ1n) is 8.45. The molecule has 9 heteroatoms. The number of quaternary nitrogens is 1. The van der Waals surface area contributed by atoms with Crippen LogP contribution in [0.4, 0.5) is 0 Å². The van der Waals surface area contributed by atoms with Gasteiger partial charge in [-0.15, -0.1) is 16.9 Å². The minimum absolute atomic E-state index is 0.143. The third-order valence-electron chi connectivity index (χ3n) is 4.10. The number of carbonyl (C=O) groups is 1. The quantitative estimate of drug-likeness (QED) is 0.585. The molecule has 0 amide bonds. The van der Waals surface area contributed by atoms with E-state index in [1.807, 2.05) is 31.2 Å². The minimum Gasteiger partial charge on any atom is -0.494 e. The van der Waals surface area contributed by atoms with Gasteiger partial charge >= 0.3 is 5.97 Å². The molecule has 1 aromatic carbocycles. The third-order valence-corrected chi connectivity index (χ3v) is 5.60. The summed E-state index contributed by atoms with van der Waals surface area (Å²) < 4.78 is 17.6. The Morgan fingerprint density at radius 3 is 2.92 bits per heavy atom. The maximum atomic E-state index is 11.8. The summed E-state index contributed by atoms with van der Waals surface area (Å²) in [6, 6.07) is 7.55. The summed E-state index contributed by atoms with van der Waals surface area (Å²) in [4.78, 5) is 13.3. The number of thioether (sulfide) groups is 1. The Balaban J connectivity index is 1.70. The molecule has 1 N–H and O–H groups in total. The highest BCUT2D eigenvalue weighted by atomic mass is 32.2. The fourth-order valence-corrected chi connectivity index (χ4v) is 4.25. The second-order valence-corrected chi connectivity index (χ2v) is 7.53. The Morgan fingerprint density at radius 2 is 2.23 bits per heavy atom. The number of nitrogens with one attached hydrogen (secondary N) is 1. The predicted molar refractivity (Wildman–Crippen MR) is 101 cm³/mol. The van der Waals surface area contributed by atoms with Gasteiger partial charge in [-0.3, -0.25) is 4.79 Å². The molecule has 0 bridgehead atoms. The Hall–Kier alpha value is -1.84. The summed E-state index contributed by atoms with van der Waals surface area (Å²) >= 11 is 6.95. The number of hydrogen-bond donors (Lipinski definition) is 1. The molecule has 1 unspecified atom stereocenters. The van der Waals surface area contributed by atoms with Crippen molar-refractivity contribution in [2.45, 2.75) is 18.8 Å². The number of esters is 1. The van der Waals surface area contributed by atoms with Crippen molar-refractivity contribution < 1.29 is 23.6 Å². The number of benzene rings is 1. The van der Waals surface area contributed by atoms with Gasteiger partial charge in [-0.05, 0) is 43.4 Å². The molecule has 1 fully saturated rings. The normalized spacial score (nSPS) is 19.9. The number of rotatable bonds is 6. The number of ether oxygens (including phenoxy) is 2. The van der Waals surface area contributed by atoms with Crippen molar-refractivity contribution in [3.05, 3.63) is 29.1 Å². The van der Waals surface area contributed by atoms with Crippen LogP contribution in [0.3, 0.4) is 0 Å². The van der Waals surface area contributed by atoms with Gasteiger partial charge in [0.2, 0.25) is 5.89 Å². The second kappa shape index (κ2) is 8.70. The molecule has 0 spiro atoms. The van der Waals surface area contributed by atoms with Crippen molar-refractivity contribution in [2.75, 3.05) is 32.6 Å². The van der Waals surface area contributed by atoms with E-state index in [1.165, 1.54) is 12.0 Å².